The number of carbonyl (C=O) groups excluding carboxylic acids is 1. The van der Waals surface area contributed by atoms with Crippen LogP contribution in [0.2, 0.25) is 0 Å². The zero-order valence-corrected chi connectivity index (χ0v) is 16.8. The number of ether oxygens (including phenoxy) is 1. The number of thiophene rings is 1. The van der Waals surface area contributed by atoms with Crippen LogP contribution in [0.4, 0.5) is 11.4 Å². The van der Waals surface area contributed by atoms with Crippen molar-refractivity contribution in [2.75, 3.05) is 25.6 Å². The van der Waals surface area contributed by atoms with Crippen LogP contribution < -0.4 is 10.6 Å². The summed E-state index contributed by atoms with van der Waals surface area (Å²) in [5.74, 6) is -0.181. The van der Waals surface area contributed by atoms with Crippen molar-refractivity contribution in [1.29, 1.82) is 5.26 Å². The maximum absolute atomic E-state index is 12.4. The fraction of sp³-hybridized carbons (Fsp3) is 0.190. The summed E-state index contributed by atoms with van der Waals surface area (Å²) in [5.41, 5.74) is 4.11. The van der Waals surface area contributed by atoms with Crippen LogP contribution in [0.5, 0.6) is 0 Å². The van der Waals surface area contributed by atoms with Gasteiger partial charge in [0.2, 0.25) is 0 Å². The molecule has 0 fully saturated rings. The number of carbonyl (C=O) groups is 1. The number of benzene rings is 1. The van der Waals surface area contributed by atoms with Crippen LogP contribution in [0.25, 0.3) is 21.1 Å². The molecule has 0 unspecified atom stereocenters. The lowest BCUT2D eigenvalue weighted by Gasteiger charge is -2.12. The number of hydrogen-bond acceptors (Lipinski definition) is 6. The zero-order valence-electron chi connectivity index (χ0n) is 16.0. The van der Waals surface area contributed by atoms with Crippen molar-refractivity contribution in [1.82, 2.24) is 15.3 Å². The van der Waals surface area contributed by atoms with Crippen molar-refractivity contribution in [2.24, 2.45) is 0 Å². The number of methoxy groups -OCH3 is 1. The van der Waals surface area contributed by atoms with E-state index in [9.17, 15) is 10.1 Å². The van der Waals surface area contributed by atoms with Crippen molar-refractivity contribution in [3.63, 3.8) is 0 Å². The number of fused-ring (bicyclic) bond motifs is 2. The van der Waals surface area contributed by atoms with E-state index in [1.807, 2.05) is 31.3 Å². The second kappa shape index (κ2) is 7.91. The third kappa shape index (κ3) is 3.53. The van der Waals surface area contributed by atoms with Gasteiger partial charge in [0.15, 0.2) is 0 Å². The highest BCUT2D eigenvalue weighted by Gasteiger charge is 2.17. The molecule has 0 aliphatic carbocycles. The molecule has 1 aromatic carbocycles. The smallest absolute Gasteiger partial charge is 0.261 e. The molecule has 0 aliphatic heterocycles. The van der Waals surface area contributed by atoms with Gasteiger partial charge in [-0.15, -0.1) is 11.3 Å². The molecule has 3 heterocycles. The number of pyridine rings is 1. The minimum absolute atomic E-state index is 0.181. The van der Waals surface area contributed by atoms with E-state index in [0.717, 1.165) is 27.5 Å². The second-order valence-corrected chi connectivity index (χ2v) is 7.57. The molecule has 0 bridgehead atoms. The Balaban J connectivity index is 1.74. The van der Waals surface area contributed by atoms with E-state index in [1.54, 1.807) is 13.2 Å². The lowest BCUT2D eigenvalue weighted by atomic mass is 10.1. The Morgan fingerprint density at radius 2 is 2.21 bits per heavy atom. The van der Waals surface area contributed by atoms with Gasteiger partial charge in [0, 0.05) is 48.0 Å². The molecule has 4 aromatic rings. The molecular formula is C21H19N5O2S. The van der Waals surface area contributed by atoms with Gasteiger partial charge in [-0.05, 0) is 36.8 Å². The monoisotopic (exact) mass is 405 g/mol. The molecule has 3 aromatic heterocycles. The Morgan fingerprint density at radius 3 is 3.00 bits per heavy atom. The molecular weight excluding hydrogens is 386 g/mol. The Bertz CT molecular complexity index is 1250. The van der Waals surface area contributed by atoms with Crippen LogP contribution in [0.3, 0.4) is 0 Å². The molecule has 0 aliphatic rings. The van der Waals surface area contributed by atoms with Crippen LogP contribution in [-0.4, -0.2) is 36.1 Å². The van der Waals surface area contributed by atoms with E-state index in [-0.39, 0.29) is 5.91 Å². The second-order valence-electron chi connectivity index (χ2n) is 6.54. The number of anilines is 2. The molecule has 3 N–H and O–H groups in total. The molecule has 0 spiro atoms. The van der Waals surface area contributed by atoms with Gasteiger partial charge in [-0.1, -0.05) is 0 Å². The first kappa shape index (κ1) is 18.9. The third-order valence-electron chi connectivity index (χ3n) is 4.76. The Morgan fingerprint density at radius 1 is 1.34 bits per heavy atom. The lowest BCUT2D eigenvalue weighted by molar-refractivity contribution is 0.0941. The molecule has 0 saturated carbocycles. The predicted molar refractivity (Wildman–Crippen MR) is 115 cm³/mol. The average Bonchev–Trinajstić information content (AvgIpc) is 3.37. The van der Waals surface area contributed by atoms with Gasteiger partial charge in [0.05, 0.1) is 22.7 Å². The van der Waals surface area contributed by atoms with E-state index in [1.165, 1.54) is 17.5 Å². The van der Waals surface area contributed by atoms with Gasteiger partial charge < -0.3 is 20.4 Å². The molecule has 29 heavy (non-hydrogen) atoms. The summed E-state index contributed by atoms with van der Waals surface area (Å²) >= 11 is 1.30. The summed E-state index contributed by atoms with van der Waals surface area (Å²) in [4.78, 5) is 21.2. The number of aromatic nitrogens is 2. The summed E-state index contributed by atoms with van der Waals surface area (Å²) in [6.07, 6.45) is 3.44. The Kier molecular flexibility index (Phi) is 5.16. The van der Waals surface area contributed by atoms with Gasteiger partial charge in [-0.25, -0.2) is 4.98 Å². The molecule has 0 radical (unpaired) electrons. The quantitative estimate of drug-likeness (QED) is 0.420. The molecule has 146 valence electrons. The number of hydrogen-bond donors (Lipinski definition) is 3. The minimum Gasteiger partial charge on any atom is -0.383 e. The first-order valence-electron chi connectivity index (χ1n) is 9.06. The first-order chi connectivity index (χ1) is 14.1. The fourth-order valence-electron chi connectivity index (χ4n) is 3.23. The summed E-state index contributed by atoms with van der Waals surface area (Å²) in [7, 11) is 1.59. The van der Waals surface area contributed by atoms with Crippen molar-refractivity contribution >= 4 is 49.7 Å². The van der Waals surface area contributed by atoms with E-state index < -0.39 is 0 Å². The number of H-pyrrole nitrogens is 1. The van der Waals surface area contributed by atoms with Gasteiger partial charge in [-0.2, -0.15) is 5.26 Å². The normalized spacial score (nSPS) is 10.9. The largest absolute Gasteiger partial charge is 0.383 e. The summed E-state index contributed by atoms with van der Waals surface area (Å²) in [6.45, 7) is 2.91. The van der Waals surface area contributed by atoms with Crippen LogP contribution in [-0.2, 0) is 4.74 Å². The van der Waals surface area contributed by atoms with Crippen LogP contribution in [0, 0.1) is 18.3 Å². The van der Waals surface area contributed by atoms with E-state index >= 15 is 0 Å². The maximum atomic E-state index is 12.4. The molecule has 0 atom stereocenters. The molecule has 1 amide bonds. The van der Waals surface area contributed by atoms with E-state index in [0.29, 0.717) is 34.1 Å². The zero-order chi connectivity index (χ0) is 20.4. The molecule has 0 saturated heterocycles. The number of amides is 1. The lowest BCUT2D eigenvalue weighted by Crippen LogP contribution is -2.26. The first-order valence-corrected chi connectivity index (χ1v) is 9.87. The van der Waals surface area contributed by atoms with Gasteiger partial charge in [-0.3, -0.25) is 4.79 Å². The Hall–Kier alpha value is -3.41. The molecule has 7 nitrogen and oxygen atoms in total. The summed E-state index contributed by atoms with van der Waals surface area (Å²) in [6, 6.07) is 9.98. The Labute approximate surface area is 171 Å². The maximum Gasteiger partial charge on any atom is 0.261 e. The van der Waals surface area contributed by atoms with Crippen molar-refractivity contribution in [3.05, 3.63) is 52.7 Å². The SMILES string of the molecule is COCCNC(=O)c1cc2c(Nc3ccc4[nH]ccc4c3C)c(C#N)cnc2s1. The molecule has 4 rings (SSSR count). The van der Waals surface area contributed by atoms with Crippen LogP contribution in [0.1, 0.15) is 20.8 Å². The predicted octanol–water partition coefficient (Wildman–Crippen LogP) is 4.08. The highest BCUT2D eigenvalue weighted by molar-refractivity contribution is 7.20. The summed E-state index contributed by atoms with van der Waals surface area (Å²) < 4.78 is 4.97. The third-order valence-corrected chi connectivity index (χ3v) is 5.80. The number of aryl methyl sites for hydroxylation is 1. The summed E-state index contributed by atoms with van der Waals surface area (Å²) in [5, 5.41) is 17.7. The highest BCUT2D eigenvalue weighted by atomic mass is 32.1. The number of rotatable bonds is 6. The number of nitrogens with zero attached hydrogens (tertiary/aromatic N) is 2. The minimum atomic E-state index is -0.181. The van der Waals surface area contributed by atoms with Crippen LogP contribution in [0.15, 0.2) is 36.7 Å². The average molecular weight is 405 g/mol. The number of nitriles is 1. The molecule has 8 heteroatoms. The van der Waals surface area contributed by atoms with Gasteiger partial charge >= 0.3 is 0 Å². The van der Waals surface area contributed by atoms with Gasteiger partial charge in [0.1, 0.15) is 10.9 Å². The van der Waals surface area contributed by atoms with E-state index in [4.69, 9.17) is 4.74 Å². The topological polar surface area (TPSA) is 103 Å². The van der Waals surface area contributed by atoms with Crippen molar-refractivity contribution in [2.45, 2.75) is 6.92 Å². The van der Waals surface area contributed by atoms with Gasteiger partial charge in [0.25, 0.3) is 5.91 Å². The van der Waals surface area contributed by atoms with Crippen LogP contribution >= 0.6 is 11.3 Å². The van der Waals surface area contributed by atoms with Crippen molar-refractivity contribution in [3.8, 4) is 6.07 Å². The number of nitrogens with one attached hydrogen (secondary N) is 3. The fourth-order valence-corrected chi connectivity index (χ4v) is 4.15. The highest BCUT2D eigenvalue weighted by Crippen LogP contribution is 2.35. The number of aromatic amines is 1. The van der Waals surface area contributed by atoms with E-state index in [2.05, 4.69) is 26.7 Å². The standard InChI is InChI=1S/C21H19N5O2S/c1-12-14-5-6-23-17(14)4-3-16(12)26-19-13(10-22)11-25-21-15(19)9-18(29-21)20(27)24-7-8-28-2/h3-6,9,11,23H,7-8H2,1-2H3,(H,24,27)(H,25,26). The van der Waals surface area contributed by atoms with Crippen molar-refractivity contribution < 1.29 is 9.53 Å².